The molecule has 19 heavy (non-hydrogen) atoms. The van der Waals surface area contributed by atoms with E-state index in [0.717, 1.165) is 31.7 Å². The van der Waals surface area contributed by atoms with Gasteiger partial charge < -0.3 is 15.5 Å². The topological polar surface area (TPSA) is 69.6 Å². The second-order valence-corrected chi connectivity index (χ2v) is 5.22. The van der Waals surface area contributed by atoms with Gasteiger partial charge in [0.2, 0.25) is 0 Å². The van der Waals surface area contributed by atoms with E-state index in [4.69, 9.17) is 5.11 Å². The Hall–Kier alpha value is -1.62. The van der Waals surface area contributed by atoms with Crippen molar-refractivity contribution >= 4 is 11.7 Å². The molecule has 1 aliphatic rings. The molecular formula is C14H18FNO3. The lowest BCUT2D eigenvalue weighted by atomic mass is 9.87. The van der Waals surface area contributed by atoms with Gasteiger partial charge in [-0.05, 0) is 31.0 Å². The first-order valence-corrected chi connectivity index (χ1v) is 6.44. The third-order valence-corrected chi connectivity index (χ3v) is 3.87. The van der Waals surface area contributed by atoms with Gasteiger partial charge in [-0.15, -0.1) is 0 Å². The van der Waals surface area contributed by atoms with Crippen molar-refractivity contribution in [2.75, 3.05) is 18.5 Å². The molecule has 3 N–H and O–H groups in total. The number of hydrogen-bond acceptors (Lipinski definition) is 3. The molecule has 0 unspecified atom stereocenters. The summed E-state index contributed by atoms with van der Waals surface area (Å²) in [4.78, 5) is 10.7. The van der Waals surface area contributed by atoms with E-state index in [1.54, 1.807) is 0 Å². The molecule has 4 nitrogen and oxygen atoms in total. The summed E-state index contributed by atoms with van der Waals surface area (Å²) in [6.45, 7) is 0.599. The minimum Gasteiger partial charge on any atom is -0.478 e. The first-order chi connectivity index (χ1) is 9.06. The lowest BCUT2D eigenvalue weighted by Crippen LogP contribution is -2.30. The Kier molecular flexibility index (Phi) is 4.04. The van der Waals surface area contributed by atoms with Crippen LogP contribution in [0.4, 0.5) is 10.1 Å². The van der Waals surface area contributed by atoms with Gasteiger partial charge in [0, 0.05) is 12.0 Å². The number of halogens is 1. The van der Waals surface area contributed by atoms with E-state index in [9.17, 15) is 14.3 Å². The number of carboxylic acid groups (broad SMARTS) is 1. The Labute approximate surface area is 111 Å². The number of anilines is 1. The van der Waals surface area contributed by atoms with E-state index in [1.165, 1.54) is 12.1 Å². The smallest absolute Gasteiger partial charge is 0.335 e. The molecule has 0 atom stereocenters. The molecule has 0 bridgehead atoms. The molecule has 0 aliphatic heterocycles. The highest BCUT2D eigenvalue weighted by Gasteiger charge is 2.33. The van der Waals surface area contributed by atoms with Crippen molar-refractivity contribution in [3.63, 3.8) is 0 Å². The van der Waals surface area contributed by atoms with Gasteiger partial charge in [-0.2, -0.15) is 0 Å². The molecule has 0 radical (unpaired) electrons. The van der Waals surface area contributed by atoms with Crippen LogP contribution >= 0.6 is 0 Å². The standard InChI is InChI=1S/C14H18FNO3/c15-11-7-10(13(18)19)3-4-12(11)16-8-14(9-17)5-1-2-6-14/h3-4,7,16-17H,1-2,5-6,8-9H2,(H,18,19). The van der Waals surface area contributed by atoms with Crippen LogP contribution in [0.2, 0.25) is 0 Å². The fourth-order valence-electron chi connectivity index (χ4n) is 2.59. The van der Waals surface area contributed by atoms with Crippen LogP contribution < -0.4 is 5.32 Å². The molecule has 1 aromatic carbocycles. The molecule has 2 rings (SSSR count). The van der Waals surface area contributed by atoms with Crippen LogP contribution in [0.5, 0.6) is 0 Å². The Morgan fingerprint density at radius 1 is 1.37 bits per heavy atom. The number of carboxylic acids is 1. The van der Waals surface area contributed by atoms with Crippen molar-refractivity contribution in [1.29, 1.82) is 0 Å². The van der Waals surface area contributed by atoms with Crippen LogP contribution in [-0.4, -0.2) is 29.3 Å². The summed E-state index contributed by atoms with van der Waals surface area (Å²) >= 11 is 0. The number of aliphatic hydroxyl groups is 1. The van der Waals surface area contributed by atoms with Crippen LogP contribution in [-0.2, 0) is 0 Å². The maximum atomic E-state index is 13.7. The molecule has 1 saturated carbocycles. The zero-order valence-corrected chi connectivity index (χ0v) is 10.7. The highest BCUT2D eigenvalue weighted by atomic mass is 19.1. The van der Waals surface area contributed by atoms with E-state index in [0.29, 0.717) is 6.54 Å². The number of aromatic carboxylic acids is 1. The van der Waals surface area contributed by atoms with E-state index < -0.39 is 11.8 Å². The zero-order chi connectivity index (χ0) is 13.9. The fourth-order valence-corrected chi connectivity index (χ4v) is 2.59. The molecule has 0 amide bonds. The summed E-state index contributed by atoms with van der Waals surface area (Å²) in [6, 6.07) is 3.80. The quantitative estimate of drug-likeness (QED) is 0.766. The zero-order valence-electron chi connectivity index (χ0n) is 10.7. The van der Waals surface area contributed by atoms with Crippen LogP contribution in [0.1, 0.15) is 36.0 Å². The van der Waals surface area contributed by atoms with E-state index in [-0.39, 0.29) is 23.3 Å². The minimum absolute atomic E-state index is 0.0687. The second-order valence-electron chi connectivity index (χ2n) is 5.22. The fraction of sp³-hybridized carbons (Fsp3) is 0.500. The number of hydrogen-bond donors (Lipinski definition) is 3. The molecule has 0 spiro atoms. The number of benzene rings is 1. The molecule has 5 heteroatoms. The summed E-state index contributed by atoms with van der Waals surface area (Å²) in [5.41, 5.74) is 0.0447. The van der Waals surface area contributed by atoms with Crippen LogP contribution in [0.15, 0.2) is 18.2 Å². The highest BCUT2D eigenvalue weighted by molar-refractivity contribution is 5.88. The second kappa shape index (κ2) is 5.57. The molecule has 1 fully saturated rings. The lowest BCUT2D eigenvalue weighted by molar-refractivity contribution is 0.0696. The van der Waals surface area contributed by atoms with Crippen molar-refractivity contribution in [2.24, 2.45) is 5.41 Å². The van der Waals surface area contributed by atoms with Crippen LogP contribution in [0.3, 0.4) is 0 Å². The summed E-state index contributed by atoms with van der Waals surface area (Å²) in [5.74, 6) is -1.72. The van der Waals surface area contributed by atoms with Crippen molar-refractivity contribution in [1.82, 2.24) is 0 Å². The predicted octanol–water partition coefficient (Wildman–Crippen LogP) is 2.49. The number of nitrogens with one attached hydrogen (secondary N) is 1. The average molecular weight is 267 g/mol. The van der Waals surface area contributed by atoms with Crippen molar-refractivity contribution < 1.29 is 19.4 Å². The third-order valence-electron chi connectivity index (χ3n) is 3.87. The number of aliphatic hydroxyl groups excluding tert-OH is 1. The molecule has 104 valence electrons. The summed E-state index contributed by atoms with van der Waals surface area (Å²) in [6.07, 6.45) is 4.04. The first-order valence-electron chi connectivity index (χ1n) is 6.44. The van der Waals surface area contributed by atoms with Crippen LogP contribution in [0.25, 0.3) is 0 Å². The van der Waals surface area contributed by atoms with E-state index in [1.807, 2.05) is 0 Å². The monoisotopic (exact) mass is 267 g/mol. The summed E-state index contributed by atoms with van der Waals surface area (Å²) in [5, 5.41) is 21.2. The molecule has 1 aromatic rings. The Morgan fingerprint density at radius 2 is 2.05 bits per heavy atom. The van der Waals surface area contributed by atoms with Crippen LogP contribution in [0, 0.1) is 11.2 Å². The lowest BCUT2D eigenvalue weighted by Gasteiger charge is -2.27. The Morgan fingerprint density at radius 3 is 2.58 bits per heavy atom. The van der Waals surface area contributed by atoms with E-state index >= 15 is 0 Å². The average Bonchev–Trinajstić information content (AvgIpc) is 2.86. The van der Waals surface area contributed by atoms with Gasteiger partial charge >= 0.3 is 5.97 Å². The number of rotatable bonds is 5. The Bertz CT molecular complexity index is 470. The predicted molar refractivity (Wildman–Crippen MR) is 69.8 cm³/mol. The SMILES string of the molecule is O=C(O)c1ccc(NCC2(CO)CCCC2)c(F)c1. The molecule has 1 aliphatic carbocycles. The van der Waals surface area contributed by atoms with Gasteiger partial charge in [-0.25, -0.2) is 9.18 Å². The van der Waals surface area contributed by atoms with Crippen molar-refractivity contribution in [3.05, 3.63) is 29.6 Å². The van der Waals surface area contributed by atoms with Crippen molar-refractivity contribution in [3.8, 4) is 0 Å². The molecule has 0 aromatic heterocycles. The van der Waals surface area contributed by atoms with Gasteiger partial charge in [0.05, 0.1) is 17.9 Å². The van der Waals surface area contributed by atoms with E-state index in [2.05, 4.69) is 5.32 Å². The maximum absolute atomic E-state index is 13.7. The first kappa shape index (κ1) is 13.8. The Balaban J connectivity index is 2.05. The molecular weight excluding hydrogens is 249 g/mol. The largest absolute Gasteiger partial charge is 0.478 e. The van der Waals surface area contributed by atoms with Gasteiger partial charge in [-0.3, -0.25) is 0 Å². The summed E-state index contributed by atoms with van der Waals surface area (Å²) < 4.78 is 13.7. The van der Waals surface area contributed by atoms with Gasteiger partial charge in [-0.1, -0.05) is 12.8 Å². The minimum atomic E-state index is -1.15. The van der Waals surface area contributed by atoms with Gasteiger partial charge in [0.1, 0.15) is 5.82 Å². The molecule has 0 heterocycles. The third kappa shape index (κ3) is 3.04. The number of carbonyl (C=O) groups is 1. The maximum Gasteiger partial charge on any atom is 0.335 e. The summed E-state index contributed by atoms with van der Waals surface area (Å²) in [7, 11) is 0. The van der Waals surface area contributed by atoms with Crippen molar-refractivity contribution in [2.45, 2.75) is 25.7 Å². The molecule has 0 saturated heterocycles. The highest BCUT2D eigenvalue weighted by Crippen LogP contribution is 2.37. The normalized spacial score (nSPS) is 17.4. The van der Waals surface area contributed by atoms with Gasteiger partial charge in [0.15, 0.2) is 0 Å². The van der Waals surface area contributed by atoms with Gasteiger partial charge in [0.25, 0.3) is 0 Å².